The first-order valence-corrected chi connectivity index (χ1v) is 9.03. The summed E-state index contributed by atoms with van der Waals surface area (Å²) in [7, 11) is 0. The monoisotopic (exact) mass is 355 g/mol. The molecule has 0 unspecified atom stereocenters. The topological polar surface area (TPSA) is 44.4 Å². The van der Waals surface area contributed by atoms with Crippen LogP contribution in [0.2, 0.25) is 0 Å². The number of amides is 1. The largest absolute Gasteiger partial charge is 0.362 e. The van der Waals surface area contributed by atoms with Gasteiger partial charge in [-0.1, -0.05) is 36.4 Å². The minimum Gasteiger partial charge on any atom is -0.362 e. The molecule has 0 aliphatic rings. The molecule has 4 nitrogen and oxygen atoms in total. The quantitative estimate of drug-likeness (QED) is 0.744. The number of carbonyl (C=O) groups excluding carboxylic acids is 1. The number of hydrogen-bond donors (Lipinski definition) is 2. The number of hydrogen-bond acceptors (Lipinski definition) is 2. The summed E-state index contributed by atoms with van der Waals surface area (Å²) < 4.78 is 0. The Kier molecular flexibility index (Phi) is 7.41. The fourth-order valence-electron chi connectivity index (χ4n) is 2.56. The van der Waals surface area contributed by atoms with Crippen LogP contribution in [0.1, 0.15) is 29.8 Å². The van der Waals surface area contributed by atoms with Gasteiger partial charge in [-0.25, -0.2) is 0 Å². The average Bonchev–Trinajstić information content (AvgIpc) is 2.63. The first kappa shape index (κ1) is 18.9. The van der Waals surface area contributed by atoms with E-state index in [1.165, 1.54) is 5.56 Å². The number of carbonyl (C=O) groups is 1. The van der Waals surface area contributed by atoms with E-state index in [4.69, 9.17) is 12.2 Å². The Balaban J connectivity index is 1.88. The normalized spacial score (nSPS) is 10.2. The van der Waals surface area contributed by atoms with Gasteiger partial charge in [0.1, 0.15) is 0 Å². The van der Waals surface area contributed by atoms with Crippen molar-refractivity contribution < 1.29 is 4.79 Å². The molecule has 0 saturated carbocycles. The van der Waals surface area contributed by atoms with Gasteiger partial charge in [0, 0.05) is 30.9 Å². The van der Waals surface area contributed by atoms with Crippen molar-refractivity contribution >= 4 is 28.9 Å². The molecular formula is C20H25N3OS. The fourth-order valence-corrected chi connectivity index (χ4v) is 2.78. The van der Waals surface area contributed by atoms with Crippen molar-refractivity contribution in [1.29, 1.82) is 0 Å². The van der Waals surface area contributed by atoms with Crippen LogP contribution in [-0.2, 0) is 6.42 Å². The molecule has 0 aliphatic heterocycles. The second kappa shape index (κ2) is 9.79. The van der Waals surface area contributed by atoms with E-state index in [9.17, 15) is 4.79 Å². The van der Waals surface area contributed by atoms with E-state index in [1.54, 1.807) is 4.90 Å². The van der Waals surface area contributed by atoms with Crippen molar-refractivity contribution in [3.05, 3.63) is 65.7 Å². The SMILES string of the molecule is CCN(CC)C(=O)c1cccc(NC(=S)NCCc2ccccc2)c1. The molecule has 0 radical (unpaired) electrons. The molecule has 0 bridgehead atoms. The summed E-state index contributed by atoms with van der Waals surface area (Å²) in [6.07, 6.45) is 0.906. The number of rotatable bonds is 7. The van der Waals surface area contributed by atoms with Crippen LogP contribution in [0.15, 0.2) is 54.6 Å². The molecule has 0 spiro atoms. The number of nitrogens with one attached hydrogen (secondary N) is 2. The Bertz CT molecular complexity index is 699. The zero-order valence-corrected chi connectivity index (χ0v) is 15.6. The summed E-state index contributed by atoms with van der Waals surface area (Å²) in [4.78, 5) is 14.2. The van der Waals surface area contributed by atoms with Crippen molar-refractivity contribution in [1.82, 2.24) is 10.2 Å². The lowest BCUT2D eigenvalue weighted by Gasteiger charge is -2.19. The predicted octanol–water partition coefficient (Wildman–Crippen LogP) is 3.70. The Hall–Kier alpha value is -2.40. The molecule has 0 aliphatic carbocycles. The maximum absolute atomic E-state index is 12.4. The minimum absolute atomic E-state index is 0.0385. The second-order valence-corrected chi connectivity index (χ2v) is 6.08. The molecule has 2 aromatic carbocycles. The van der Waals surface area contributed by atoms with Crippen molar-refractivity contribution in [2.75, 3.05) is 25.0 Å². The van der Waals surface area contributed by atoms with Crippen molar-refractivity contribution in [3.63, 3.8) is 0 Å². The van der Waals surface area contributed by atoms with Crippen LogP contribution in [0, 0.1) is 0 Å². The highest BCUT2D eigenvalue weighted by Crippen LogP contribution is 2.13. The standard InChI is InChI=1S/C20H25N3OS/c1-3-23(4-2)19(24)17-11-8-12-18(15-17)22-20(25)21-14-13-16-9-6-5-7-10-16/h5-12,15H,3-4,13-14H2,1-2H3,(H2,21,22,25). The molecule has 0 fully saturated rings. The van der Waals surface area contributed by atoms with Gasteiger partial charge in [0.2, 0.25) is 0 Å². The highest BCUT2D eigenvalue weighted by molar-refractivity contribution is 7.80. The molecule has 2 N–H and O–H groups in total. The zero-order valence-electron chi connectivity index (χ0n) is 14.8. The lowest BCUT2D eigenvalue weighted by atomic mass is 10.1. The summed E-state index contributed by atoms with van der Waals surface area (Å²) in [6, 6.07) is 17.7. The van der Waals surface area contributed by atoms with E-state index >= 15 is 0 Å². The van der Waals surface area contributed by atoms with E-state index in [1.807, 2.05) is 56.3 Å². The Morgan fingerprint density at radius 1 is 1.04 bits per heavy atom. The van der Waals surface area contributed by atoms with Gasteiger partial charge in [-0.15, -0.1) is 0 Å². The molecule has 0 aromatic heterocycles. The van der Waals surface area contributed by atoms with Crippen LogP contribution in [-0.4, -0.2) is 35.6 Å². The van der Waals surface area contributed by atoms with Gasteiger partial charge in [-0.3, -0.25) is 4.79 Å². The molecule has 25 heavy (non-hydrogen) atoms. The Morgan fingerprint density at radius 2 is 1.76 bits per heavy atom. The molecule has 2 rings (SSSR count). The van der Waals surface area contributed by atoms with Crippen LogP contribution in [0.3, 0.4) is 0 Å². The number of nitrogens with zero attached hydrogens (tertiary/aromatic N) is 1. The maximum Gasteiger partial charge on any atom is 0.253 e. The van der Waals surface area contributed by atoms with Gasteiger partial charge in [-0.2, -0.15) is 0 Å². The zero-order chi connectivity index (χ0) is 18.1. The van der Waals surface area contributed by atoms with Crippen LogP contribution < -0.4 is 10.6 Å². The summed E-state index contributed by atoms with van der Waals surface area (Å²) in [5.41, 5.74) is 2.75. The van der Waals surface area contributed by atoms with Crippen LogP contribution in [0.25, 0.3) is 0 Å². The van der Waals surface area contributed by atoms with Gasteiger partial charge in [-0.05, 0) is 56.2 Å². The molecule has 0 heterocycles. The summed E-state index contributed by atoms with van der Waals surface area (Å²) >= 11 is 5.34. The molecule has 0 atom stereocenters. The summed E-state index contributed by atoms with van der Waals surface area (Å²) in [5.74, 6) is 0.0385. The van der Waals surface area contributed by atoms with Crippen molar-refractivity contribution in [2.24, 2.45) is 0 Å². The van der Waals surface area contributed by atoms with Crippen molar-refractivity contribution in [3.8, 4) is 0 Å². The van der Waals surface area contributed by atoms with Crippen LogP contribution in [0.5, 0.6) is 0 Å². The van der Waals surface area contributed by atoms with E-state index in [2.05, 4.69) is 22.8 Å². The van der Waals surface area contributed by atoms with Gasteiger partial charge < -0.3 is 15.5 Å². The third-order valence-corrected chi connectivity index (χ3v) is 4.21. The van der Waals surface area contributed by atoms with Crippen LogP contribution >= 0.6 is 12.2 Å². The number of anilines is 1. The average molecular weight is 356 g/mol. The predicted molar refractivity (Wildman–Crippen MR) is 108 cm³/mol. The van der Waals surface area contributed by atoms with E-state index in [0.29, 0.717) is 23.8 Å². The molecular weight excluding hydrogens is 330 g/mol. The highest BCUT2D eigenvalue weighted by atomic mass is 32.1. The molecule has 2 aromatic rings. The smallest absolute Gasteiger partial charge is 0.253 e. The van der Waals surface area contributed by atoms with E-state index in [0.717, 1.165) is 18.7 Å². The number of thiocarbonyl (C=S) groups is 1. The fraction of sp³-hybridized carbons (Fsp3) is 0.300. The molecule has 5 heteroatoms. The lowest BCUT2D eigenvalue weighted by Crippen LogP contribution is -2.31. The van der Waals surface area contributed by atoms with E-state index < -0.39 is 0 Å². The molecule has 1 amide bonds. The third kappa shape index (κ3) is 5.87. The lowest BCUT2D eigenvalue weighted by molar-refractivity contribution is 0.0773. The second-order valence-electron chi connectivity index (χ2n) is 5.67. The third-order valence-electron chi connectivity index (χ3n) is 3.96. The van der Waals surface area contributed by atoms with Crippen LogP contribution in [0.4, 0.5) is 5.69 Å². The summed E-state index contributed by atoms with van der Waals surface area (Å²) in [6.45, 7) is 6.12. The maximum atomic E-state index is 12.4. The van der Waals surface area contributed by atoms with Gasteiger partial charge in [0.05, 0.1) is 0 Å². The molecule has 0 saturated heterocycles. The molecule has 132 valence electrons. The van der Waals surface area contributed by atoms with Gasteiger partial charge in [0.25, 0.3) is 5.91 Å². The minimum atomic E-state index is 0.0385. The van der Waals surface area contributed by atoms with E-state index in [-0.39, 0.29) is 5.91 Å². The summed E-state index contributed by atoms with van der Waals surface area (Å²) in [5, 5.41) is 6.91. The first-order chi connectivity index (χ1) is 12.1. The number of benzene rings is 2. The Morgan fingerprint density at radius 3 is 2.44 bits per heavy atom. The first-order valence-electron chi connectivity index (χ1n) is 8.62. The van der Waals surface area contributed by atoms with Gasteiger partial charge in [0.15, 0.2) is 5.11 Å². The Labute approximate surface area is 155 Å². The van der Waals surface area contributed by atoms with Crippen molar-refractivity contribution in [2.45, 2.75) is 20.3 Å². The van der Waals surface area contributed by atoms with Gasteiger partial charge >= 0.3 is 0 Å². The highest BCUT2D eigenvalue weighted by Gasteiger charge is 2.12.